The second-order valence-electron chi connectivity index (χ2n) is 4.47. The van der Waals surface area contributed by atoms with Crippen LogP contribution in [-0.4, -0.2) is 30.9 Å². The summed E-state index contributed by atoms with van der Waals surface area (Å²) in [6.45, 7) is 1.92. The molecule has 21 heavy (non-hydrogen) atoms. The Balaban J connectivity index is 2.90. The molecule has 0 radical (unpaired) electrons. The van der Waals surface area contributed by atoms with Gasteiger partial charge in [0.25, 0.3) is 0 Å². The number of benzene rings is 1. The lowest BCUT2D eigenvalue weighted by Crippen LogP contribution is -2.42. The van der Waals surface area contributed by atoms with E-state index in [-0.39, 0.29) is 13.0 Å². The van der Waals surface area contributed by atoms with Crippen molar-refractivity contribution in [1.29, 1.82) is 0 Å². The van der Waals surface area contributed by atoms with Gasteiger partial charge in [-0.3, -0.25) is 9.69 Å². The first-order valence-electron chi connectivity index (χ1n) is 6.84. The molecule has 0 spiro atoms. The number of amides is 2. The third kappa shape index (κ3) is 5.25. The number of rotatable bonds is 8. The molecule has 0 fully saturated rings. The summed E-state index contributed by atoms with van der Waals surface area (Å²) in [4.78, 5) is 35.5. The predicted molar refractivity (Wildman–Crippen MR) is 78.8 cm³/mol. The molecule has 0 aliphatic rings. The zero-order valence-corrected chi connectivity index (χ0v) is 12.0. The van der Waals surface area contributed by atoms with Gasteiger partial charge in [0.2, 0.25) is 5.91 Å². The molecule has 1 atom stereocenters. The molecule has 0 aromatic heterocycles. The van der Waals surface area contributed by atoms with Gasteiger partial charge in [0, 0.05) is 12.1 Å². The fourth-order valence-corrected chi connectivity index (χ4v) is 1.96. The number of nitrogens with two attached hydrogens (primary N) is 1. The van der Waals surface area contributed by atoms with E-state index in [1.54, 1.807) is 31.2 Å². The molecule has 2 N–H and O–H groups in total. The topological polar surface area (TPSA) is 89.7 Å². The maximum Gasteiger partial charge on any atom is 0.414 e. The van der Waals surface area contributed by atoms with E-state index in [1.165, 1.54) is 4.90 Å². The molecule has 1 rings (SSSR count). The van der Waals surface area contributed by atoms with Crippen LogP contribution in [0.5, 0.6) is 0 Å². The third-order valence-corrected chi connectivity index (χ3v) is 2.91. The number of carbonyl (C=O) groups excluding carboxylic acids is 3. The number of hydrogen-bond acceptors (Lipinski definition) is 4. The number of para-hydroxylation sites is 1. The Bertz CT molecular complexity index is 476. The minimum absolute atomic E-state index is 0.176. The molecule has 114 valence electrons. The third-order valence-electron chi connectivity index (χ3n) is 2.91. The maximum atomic E-state index is 12.1. The zero-order valence-electron chi connectivity index (χ0n) is 12.0. The minimum Gasteiger partial charge on any atom is -0.449 e. The van der Waals surface area contributed by atoms with E-state index in [1.807, 2.05) is 6.07 Å². The van der Waals surface area contributed by atoms with Crippen LogP contribution in [-0.2, 0) is 14.3 Å². The van der Waals surface area contributed by atoms with Crippen LogP contribution in [0.3, 0.4) is 0 Å². The fourth-order valence-electron chi connectivity index (χ4n) is 1.96. The molecule has 6 nitrogen and oxygen atoms in total. The second kappa shape index (κ2) is 8.73. The number of hydrogen-bond donors (Lipinski definition) is 1. The number of nitrogens with zero attached hydrogens (tertiary/aromatic N) is 1. The molecule has 2 amide bonds. The lowest BCUT2D eigenvalue weighted by atomic mass is 10.1. The van der Waals surface area contributed by atoms with Gasteiger partial charge in [0.1, 0.15) is 6.29 Å². The van der Waals surface area contributed by atoms with Gasteiger partial charge in [-0.05, 0) is 31.9 Å². The summed E-state index contributed by atoms with van der Waals surface area (Å²) < 4.78 is 5.01. The van der Waals surface area contributed by atoms with E-state index in [0.29, 0.717) is 24.8 Å². The summed E-state index contributed by atoms with van der Waals surface area (Å²) in [7, 11) is 0. The summed E-state index contributed by atoms with van der Waals surface area (Å²) in [5, 5.41) is 0. The number of aldehydes is 1. The average molecular weight is 292 g/mol. The summed E-state index contributed by atoms with van der Waals surface area (Å²) in [6, 6.07) is 8.12. The smallest absolute Gasteiger partial charge is 0.414 e. The van der Waals surface area contributed by atoms with E-state index in [4.69, 9.17) is 10.5 Å². The highest BCUT2D eigenvalue weighted by atomic mass is 16.6. The van der Waals surface area contributed by atoms with Crippen LogP contribution in [0, 0.1) is 0 Å². The lowest BCUT2D eigenvalue weighted by molar-refractivity contribution is -0.118. The molecule has 1 aromatic rings. The Morgan fingerprint density at radius 3 is 2.52 bits per heavy atom. The van der Waals surface area contributed by atoms with Crippen LogP contribution < -0.4 is 10.6 Å². The highest BCUT2D eigenvalue weighted by Crippen LogP contribution is 2.20. The van der Waals surface area contributed by atoms with E-state index >= 15 is 0 Å². The van der Waals surface area contributed by atoms with Crippen molar-refractivity contribution in [3.63, 3.8) is 0 Å². The van der Waals surface area contributed by atoms with Gasteiger partial charge in [-0.1, -0.05) is 18.2 Å². The van der Waals surface area contributed by atoms with Gasteiger partial charge in [0.15, 0.2) is 0 Å². The van der Waals surface area contributed by atoms with Crippen LogP contribution in [0.1, 0.15) is 26.2 Å². The fraction of sp³-hybridized carbons (Fsp3) is 0.400. The van der Waals surface area contributed by atoms with Crippen molar-refractivity contribution >= 4 is 24.0 Å². The van der Waals surface area contributed by atoms with E-state index in [2.05, 4.69) is 0 Å². The Morgan fingerprint density at radius 1 is 1.33 bits per heavy atom. The van der Waals surface area contributed by atoms with Crippen LogP contribution in [0.2, 0.25) is 0 Å². The zero-order chi connectivity index (χ0) is 15.7. The van der Waals surface area contributed by atoms with Gasteiger partial charge in [-0.2, -0.15) is 0 Å². The molecule has 1 aromatic carbocycles. The standard InChI is InChI=1S/C15H20N2O4/c1-2-21-15(20)17(12-7-4-3-5-8-12)13(11-18)9-6-10-14(16)19/h3-5,7-8,11,13H,2,6,9-10H2,1H3,(H2,16,19). The quantitative estimate of drug-likeness (QED) is 0.741. The van der Waals surface area contributed by atoms with Crippen molar-refractivity contribution in [2.24, 2.45) is 5.73 Å². The van der Waals surface area contributed by atoms with Gasteiger partial charge < -0.3 is 15.3 Å². The second-order valence-corrected chi connectivity index (χ2v) is 4.47. The number of anilines is 1. The van der Waals surface area contributed by atoms with Crippen molar-refractivity contribution < 1.29 is 19.1 Å². The van der Waals surface area contributed by atoms with Crippen molar-refractivity contribution in [2.45, 2.75) is 32.2 Å². The largest absolute Gasteiger partial charge is 0.449 e. The van der Waals surface area contributed by atoms with E-state index in [9.17, 15) is 14.4 Å². The molecular formula is C15H20N2O4. The average Bonchev–Trinajstić information content (AvgIpc) is 2.47. The Morgan fingerprint density at radius 2 is 2.00 bits per heavy atom. The normalized spacial score (nSPS) is 11.5. The highest BCUT2D eigenvalue weighted by Gasteiger charge is 2.25. The number of carbonyl (C=O) groups is 3. The highest BCUT2D eigenvalue weighted by molar-refractivity contribution is 5.92. The first-order valence-corrected chi connectivity index (χ1v) is 6.84. The number of ether oxygens (including phenoxy) is 1. The minimum atomic E-state index is -0.689. The van der Waals surface area contributed by atoms with Crippen molar-refractivity contribution in [2.75, 3.05) is 11.5 Å². The van der Waals surface area contributed by atoms with Crippen LogP contribution in [0.25, 0.3) is 0 Å². The van der Waals surface area contributed by atoms with Crippen molar-refractivity contribution in [3.05, 3.63) is 30.3 Å². The van der Waals surface area contributed by atoms with E-state index < -0.39 is 18.0 Å². The molecule has 1 unspecified atom stereocenters. The van der Waals surface area contributed by atoms with Gasteiger partial charge >= 0.3 is 6.09 Å². The maximum absolute atomic E-state index is 12.1. The van der Waals surface area contributed by atoms with Crippen LogP contribution >= 0.6 is 0 Å². The van der Waals surface area contributed by atoms with E-state index in [0.717, 1.165) is 0 Å². The van der Waals surface area contributed by atoms with Crippen molar-refractivity contribution in [1.82, 2.24) is 0 Å². The molecule has 0 aliphatic heterocycles. The predicted octanol–water partition coefficient (Wildman–Crippen LogP) is 1.87. The summed E-state index contributed by atoms with van der Waals surface area (Å²) in [6.07, 6.45) is 1.06. The van der Waals surface area contributed by atoms with Crippen LogP contribution in [0.4, 0.5) is 10.5 Å². The van der Waals surface area contributed by atoms with Crippen molar-refractivity contribution in [3.8, 4) is 0 Å². The number of primary amides is 1. The first-order chi connectivity index (χ1) is 10.1. The van der Waals surface area contributed by atoms with Gasteiger partial charge in [-0.25, -0.2) is 4.79 Å². The Kier molecular flexibility index (Phi) is 6.94. The molecule has 6 heteroatoms. The van der Waals surface area contributed by atoms with Crippen LogP contribution in [0.15, 0.2) is 30.3 Å². The molecule has 0 aliphatic carbocycles. The monoisotopic (exact) mass is 292 g/mol. The van der Waals surface area contributed by atoms with Gasteiger partial charge in [-0.15, -0.1) is 0 Å². The van der Waals surface area contributed by atoms with Gasteiger partial charge in [0.05, 0.1) is 12.6 Å². The lowest BCUT2D eigenvalue weighted by Gasteiger charge is -2.27. The summed E-state index contributed by atoms with van der Waals surface area (Å²) in [5.74, 6) is -0.429. The summed E-state index contributed by atoms with van der Waals surface area (Å²) in [5.41, 5.74) is 5.66. The molecule has 0 saturated heterocycles. The molecule has 0 heterocycles. The molecular weight excluding hydrogens is 272 g/mol. The Hall–Kier alpha value is -2.37. The molecule has 0 saturated carbocycles. The molecule has 0 bridgehead atoms. The Labute approximate surface area is 123 Å². The summed E-state index contributed by atoms with van der Waals surface area (Å²) >= 11 is 0. The first kappa shape index (κ1) is 16.7. The SMILES string of the molecule is CCOC(=O)N(c1ccccc1)C(C=O)CCCC(N)=O.